The van der Waals surface area contributed by atoms with Crippen molar-refractivity contribution in [1.82, 2.24) is 20.0 Å². The maximum atomic E-state index is 13.1. The zero-order chi connectivity index (χ0) is 28.3. The number of hydrogen-bond acceptors (Lipinski definition) is 14. The summed E-state index contributed by atoms with van der Waals surface area (Å²) in [7, 11) is -10.3. The predicted octanol–water partition coefficient (Wildman–Crippen LogP) is -2.15. The molecule has 39 heavy (non-hydrogen) atoms. The van der Waals surface area contributed by atoms with Gasteiger partial charge in [-0.15, -0.1) is 0 Å². The number of anilines is 1. The van der Waals surface area contributed by atoms with Gasteiger partial charge >= 0.3 is 15.4 Å². The molecule has 4 aliphatic rings. The molecule has 1 radical (unpaired) electrons. The zero-order valence-electron chi connectivity index (χ0n) is 20.1. The van der Waals surface area contributed by atoms with E-state index >= 15 is 0 Å². The summed E-state index contributed by atoms with van der Waals surface area (Å²) in [6.45, 7) is -1.00. The zero-order valence-corrected chi connectivity index (χ0v) is 21.9. The van der Waals surface area contributed by atoms with E-state index in [1.807, 2.05) is 0 Å². The lowest BCUT2D eigenvalue weighted by Crippen LogP contribution is -2.48. The quantitative estimate of drug-likeness (QED) is 0.0615. The Morgan fingerprint density at radius 1 is 1.21 bits per heavy atom. The second-order valence-corrected chi connectivity index (χ2v) is 13.3. The molecule has 8 bridgehead atoms. The van der Waals surface area contributed by atoms with Gasteiger partial charge in [-0.25, -0.2) is 18.4 Å². The lowest BCUT2D eigenvalue weighted by atomic mass is 9.82. The molecule has 1 saturated heterocycles. The fraction of sp³-hybridized carbons (Fsp3) is 0.722. The summed E-state index contributed by atoms with van der Waals surface area (Å²) < 4.78 is 43.4. The molecule has 6 rings (SSSR count). The fourth-order valence-electron chi connectivity index (χ4n) is 5.59. The van der Waals surface area contributed by atoms with Crippen LogP contribution in [-0.2, 0) is 22.7 Å². The van der Waals surface area contributed by atoms with Crippen molar-refractivity contribution in [2.45, 2.75) is 55.6 Å². The number of ether oxygens (including phenoxy) is 1. The minimum Gasteiger partial charge on any atom is -0.390 e. The third-order valence-corrected chi connectivity index (χ3v) is 10.8. The highest BCUT2D eigenvalue weighted by Crippen LogP contribution is 2.64. The maximum Gasteiger partial charge on any atom is 0.479 e. The van der Waals surface area contributed by atoms with Crippen LogP contribution in [0.1, 0.15) is 25.1 Å². The van der Waals surface area contributed by atoms with Gasteiger partial charge in [-0.05, 0) is 12.8 Å². The minimum absolute atomic E-state index is 0.00262. The molecule has 3 aliphatic heterocycles. The van der Waals surface area contributed by atoms with Crippen LogP contribution in [0.15, 0.2) is 17.9 Å². The molecule has 21 heteroatoms. The van der Waals surface area contributed by atoms with E-state index in [1.165, 1.54) is 21.8 Å². The summed E-state index contributed by atoms with van der Waals surface area (Å²) in [6, 6.07) is -1.01. The van der Waals surface area contributed by atoms with E-state index in [4.69, 9.17) is 20.5 Å². The first-order chi connectivity index (χ1) is 18.3. The van der Waals surface area contributed by atoms with Gasteiger partial charge in [0.15, 0.2) is 11.7 Å². The normalized spacial score (nSPS) is 42.7. The van der Waals surface area contributed by atoms with Crippen LogP contribution in [0.2, 0.25) is 0 Å². The van der Waals surface area contributed by atoms with E-state index in [2.05, 4.69) is 24.9 Å². The van der Waals surface area contributed by atoms with Crippen LogP contribution < -0.4 is 15.7 Å². The van der Waals surface area contributed by atoms with Crippen LogP contribution in [0.4, 0.5) is 5.82 Å². The summed E-state index contributed by atoms with van der Waals surface area (Å²) >= 11 is 0. The second kappa shape index (κ2) is 10.0. The van der Waals surface area contributed by atoms with Crippen molar-refractivity contribution in [3.05, 3.63) is 12.7 Å². The number of hydrogen-bond donors (Lipinski definition) is 8. The average molecular weight is 594 g/mol. The number of fused-ring (bicyclic) bond motifs is 6. The van der Waals surface area contributed by atoms with Crippen molar-refractivity contribution in [1.29, 1.82) is 5.53 Å². The van der Waals surface area contributed by atoms with Gasteiger partial charge in [0.05, 0.1) is 25.4 Å². The second-order valence-electron chi connectivity index (χ2n) is 9.83. The topological polar surface area (TPSA) is 294 Å². The first-order valence-electron chi connectivity index (χ1n) is 11.7. The van der Waals surface area contributed by atoms with Gasteiger partial charge < -0.3 is 40.7 Å². The molecule has 215 valence electrons. The molecular weight excluding hydrogens is 566 g/mol. The van der Waals surface area contributed by atoms with E-state index in [0.29, 0.717) is 0 Å². The molecule has 1 aliphatic carbocycles. The minimum atomic E-state index is -5.26. The van der Waals surface area contributed by atoms with Crippen LogP contribution in [0, 0.1) is 10.9 Å². The highest BCUT2D eigenvalue weighted by molar-refractivity contribution is 7.64. The van der Waals surface area contributed by atoms with Crippen molar-refractivity contribution >= 4 is 32.4 Å². The number of aliphatic hydroxyl groups is 4. The molecule has 0 amide bonds. The molecule has 5 heterocycles. The van der Waals surface area contributed by atoms with E-state index in [0.717, 1.165) is 0 Å². The van der Waals surface area contributed by atoms with Crippen LogP contribution >= 0.6 is 15.4 Å². The Labute approximate surface area is 219 Å². The molecule has 9 N–H and O–H groups in total. The molecule has 0 spiro atoms. The Morgan fingerprint density at radius 2 is 1.95 bits per heavy atom. The van der Waals surface area contributed by atoms with Gasteiger partial charge in [-0.3, -0.25) is 13.7 Å². The predicted molar refractivity (Wildman–Crippen MR) is 124 cm³/mol. The fourth-order valence-corrected chi connectivity index (χ4v) is 8.91. The first-order valence-corrected chi connectivity index (χ1v) is 15.0. The lowest BCUT2D eigenvalue weighted by molar-refractivity contribution is -0.717. The van der Waals surface area contributed by atoms with Crippen LogP contribution in [0.3, 0.4) is 0 Å². The number of rotatable bonds is 4. The molecule has 2 fully saturated rings. The maximum absolute atomic E-state index is 13.1. The molecule has 1 saturated carbocycles. The molecule has 10 atom stereocenters. The number of imidazole rings is 1. The molecule has 2 unspecified atom stereocenters. The highest BCUT2D eigenvalue weighted by atomic mass is 31.3. The summed E-state index contributed by atoms with van der Waals surface area (Å²) in [5, 5.41) is 46.1. The van der Waals surface area contributed by atoms with E-state index < -0.39 is 76.4 Å². The number of nitrogens with two attached hydrogens (primary N) is 1. The van der Waals surface area contributed by atoms with Crippen molar-refractivity contribution in [3.8, 4) is 0 Å². The first kappa shape index (κ1) is 28.4. The monoisotopic (exact) mass is 594 g/mol. The van der Waals surface area contributed by atoms with Crippen molar-refractivity contribution in [3.63, 3.8) is 0 Å². The summed E-state index contributed by atoms with van der Waals surface area (Å²) in [5.41, 5.74) is 15.4. The van der Waals surface area contributed by atoms with Crippen LogP contribution in [0.5, 0.6) is 0 Å². The SMILES string of the molecule is N=N[N]CC[C@]12C[C@H]([C@H](O)[C@@H]1O)[n+]1cnc3c(ncn3[C@@H]3O[C@H](COP(=O)(O)OP(=O)(O)C2)[C@@H](O)[C@H]3O)c1N. The molecule has 0 aromatic carbocycles. The summed E-state index contributed by atoms with van der Waals surface area (Å²) in [4.78, 5) is 29.4. The number of aliphatic hydroxyl groups excluding tert-OH is 4. The van der Waals surface area contributed by atoms with Crippen molar-refractivity contribution in [2.75, 3.05) is 25.0 Å². The van der Waals surface area contributed by atoms with Crippen LogP contribution in [0.25, 0.3) is 11.2 Å². The summed E-state index contributed by atoms with van der Waals surface area (Å²) in [6.07, 6.45) is -7.76. The summed E-state index contributed by atoms with van der Waals surface area (Å²) in [5.74, 6) is -0.00262. The number of phosphoric acid groups is 1. The van der Waals surface area contributed by atoms with Gasteiger partial charge in [0, 0.05) is 5.41 Å². The van der Waals surface area contributed by atoms with E-state index in [-0.39, 0.29) is 36.4 Å². The lowest BCUT2D eigenvalue weighted by Gasteiger charge is -2.34. The Morgan fingerprint density at radius 3 is 2.67 bits per heavy atom. The highest BCUT2D eigenvalue weighted by Gasteiger charge is 2.58. The van der Waals surface area contributed by atoms with Crippen molar-refractivity contribution in [2.24, 2.45) is 10.6 Å². The standard InChI is InChI=1S/C18H27N8O11P2/c19-15-10-16-22-7-25(15)8-3-18(1-2-23-24-20,14(30)11(8)27)5-38(31,32)37-39(33,34)35-4-9-12(28)13(29)17(36-9)26(16)6-21-10/h6-9,11-14,17,19-20,27-30H,1-5H2,(H2,31,32,33,34)/p+1/t8-,9-,11+,12-,13-,14+,17-,18-/m1/s1. The Kier molecular flexibility index (Phi) is 7.31. The molecule has 2 aromatic rings. The van der Waals surface area contributed by atoms with Gasteiger partial charge in [-0.1, -0.05) is 10.2 Å². The van der Waals surface area contributed by atoms with E-state index in [9.17, 15) is 39.3 Å². The number of nitrogen functional groups attached to an aromatic ring is 1. The number of nitrogens with one attached hydrogen (secondary N) is 1. The van der Waals surface area contributed by atoms with E-state index in [1.54, 1.807) is 0 Å². The van der Waals surface area contributed by atoms with Gasteiger partial charge in [0.25, 0.3) is 5.82 Å². The number of phosphoric ester groups is 1. The average Bonchev–Trinajstić information content (AvgIpc) is 3.47. The molecular formula is C18H28N8O11P2+. The van der Waals surface area contributed by atoms with Gasteiger partial charge in [-0.2, -0.15) is 11.0 Å². The Balaban J connectivity index is 1.63. The third-order valence-electron chi connectivity index (χ3n) is 7.45. The number of aromatic nitrogens is 4. The Hall–Kier alpha value is -2.15. The molecule has 19 nitrogen and oxygen atoms in total. The smallest absolute Gasteiger partial charge is 0.390 e. The number of nitrogens with zero attached hydrogens (tertiary/aromatic N) is 6. The Bertz CT molecular complexity index is 1360. The third kappa shape index (κ3) is 4.98. The largest absolute Gasteiger partial charge is 0.479 e. The van der Waals surface area contributed by atoms with Gasteiger partial charge in [0.1, 0.15) is 36.8 Å². The van der Waals surface area contributed by atoms with Gasteiger partial charge in [0.2, 0.25) is 12.0 Å². The molecule has 2 aromatic heterocycles. The van der Waals surface area contributed by atoms with Crippen LogP contribution in [-0.4, -0.2) is 94.6 Å². The van der Waals surface area contributed by atoms with Crippen molar-refractivity contribution < 1.29 is 57.5 Å².